The Labute approximate surface area is 296 Å². The van der Waals surface area contributed by atoms with Gasteiger partial charge in [-0.15, -0.1) is 0 Å². The summed E-state index contributed by atoms with van der Waals surface area (Å²) in [5, 5.41) is 21.2. The number of ether oxygens (including phenoxy) is 2. The van der Waals surface area contributed by atoms with Crippen LogP contribution in [0, 0.1) is 15.9 Å². The summed E-state index contributed by atoms with van der Waals surface area (Å²) < 4.78 is 24.7. The number of amides is 2. The zero-order valence-electron chi connectivity index (χ0n) is 29.6. The van der Waals surface area contributed by atoms with E-state index in [0.29, 0.717) is 62.6 Å². The Morgan fingerprint density at radius 1 is 0.941 bits per heavy atom. The molecule has 1 aliphatic carbocycles. The van der Waals surface area contributed by atoms with E-state index in [1.54, 1.807) is 38.1 Å². The number of halogens is 1. The molecule has 14 heteroatoms. The van der Waals surface area contributed by atoms with Crippen LogP contribution in [0.5, 0.6) is 0 Å². The summed E-state index contributed by atoms with van der Waals surface area (Å²) in [4.78, 5) is 51.4. The van der Waals surface area contributed by atoms with Crippen LogP contribution in [-0.4, -0.2) is 72.4 Å². The number of anilines is 1. The fourth-order valence-electron chi connectivity index (χ4n) is 6.07. The smallest absolute Gasteiger partial charge is 0.296 e. The number of pyridine rings is 1. The fourth-order valence-corrected chi connectivity index (χ4v) is 6.07. The Bertz CT molecular complexity index is 1860. The first kappa shape index (κ1) is 37.4. The molecule has 0 atom stereocenters. The van der Waals surface area contributed by atoms with Crippen molar-refractivity contribution in [1.82, 2.24) is 15.6 Å². The van der Waals surface area contributed by atoms with E-state index >= 15 is 0 Å². The standard InChI is InChI=1S/C37H46FN7O6/c1-5-37(6-2,44-34(46)29-14-13-27(25-9-10-25)30(41-29)23-24-7-11-26(38)12-8-24)35(47)40-18-20-51-22-21-50-19-17-39-28-15-16-31(45(48)49)33-32(28)42-36(3,4)43-33/h7-8,11-16,25,39H,5-6,9-10,17-23H2,1-4H3,(H,40,47)(H,44,46). The number of fused-ring (bicyclic) bond motifs is 1. The summed E-state index contributed by atoms with van der Waals surface area (Å²) in [6, 6.07) is 13.0. The number of nitrogens with one attached hydrogen (secondary N) is 3. The largest absolute Gasteiger partial charge is 0.381 e. The van der Waals surface area contributed by atoms with Crippen LogP contribution >= 0.6 is 0 Å². The minimum absolute atomic E-state index is 0.0739. The van der Waals surface area contributed by atoms with Gasteiger partial charge in [-0.25, -0.2) is 14.4 Å². The van der Waals surface area contributed by atoms with Crippen LogP contribution in [0.15, 0.2) is 58.5 Å². The van der Waals surface area contributed by atoms with E-state index in [1.807, 2.05) is 19.9 Å². The molecule has 5 rings (SSSR count). The topological polar surface area (TPSA) is 169 Å². The molecule has 0 saturated heterocycles. The Kier molecular flexibility index (Phi) is 12.1. The molecule has 0 spiro atoms. The van der Waals surface area contributed by atoms with Crippen LogP contribution in [0.3, 0.4) is 0 Å². The molecule has 1 aromatic heterocycles. The highest BCUT2D eigenvalue weighted by molar-refractivity contribution is 5.98. The van der Waals surface area contributed by atoms with Gasteiger partial charge in [0.15, 0.2) is 5.36 Å². The number of nitrogens with zero attached hydrogens (tertiary/aromatic N) is 4. The lowest BCUT2D eigenvalue weighted by Crippen LogP contribution is -2.58. The van der Waals surface area contributed by atoms with Gasteiger partial charge in [0.05, 0.1) is 37.0 Å². The van der Waals surface area contributed by atoms with Crippen LogP contribution in [0.1, 0.15) is 86.6 Å². The van der Waals surface area contributed by atoms with Gasteiger partial charge in [-0.05, 0) is 80.8 Å². The summed E-state index contributed by atoms with van der Waals surface area (Å²) in [7, 11) is 0. The van der Waals surface area contributed by atoms with Crippen molar-refractivity contribution >= 4 is 23.2 Å². The molecule has 0 radical (unpaired) electrons. The average Bonchev–Trinajstić information content (AvgIpc) is 3.89. The van der Waals surface area contributed by atoms with Gasteiger partial charge in [-0.3, -0.25) is 24.7 Å². The Morgan fingerprint density at radius 3 is 2.25 bits per heavy atom. The number of aromatic nitrogens is 1. The minimum atomic E-state index is -1.12. The lowest BCUT2D eigenvalue weighted by atomic mass is 9.91. The van der Waals surface area contributed by atoms with Crippen LogP contribution in [0.2, 0.25) is 0 Å². The van der Waals surface area contributed by atoms with Gasteiger partial charge in [-0.1, -0.05) is 32.0 Å². The first-order valence-electron chi connectivity index (χ1n) is 17.5. The predicted octanol–water partition coefficient (Wildman–Crippen LogP) is 4.14. The van der Waals surface area contributed by atoms with E-state index in [0.717, 1.165) is 29.7 Å². The number of non-ortho nitro benzene ring substituents is 1. The normalized spacial score (nSPS) is 14.6. The maximum absolute atomic E-state index is 13.5. The molecule has 1 fully saturated rings. The molecule has 3 N–H and O–H groups in total. The zero-order valence-corrected chi connectivity index (χ0v) is 29.6. The number of nitro benzene ring substituents is 1. The van der Waals surface area contributed by atoms with E-state index < -0.39 is 22.0 Å². The average molecular weight is 704 g/mol. The number of carbonyl (C=O) groups excluding carboxylic acids is 2. The second-order valence-corrected chi connectivity index (χ2v) is 13.3. The van der Waals surface area contributed by atoms with E-state index in [9.17, 15) is 24.1 Å². The van der Waals surface area contributed by atoms with E-state index in [1.165, 1.54) is 18.2 Å². The van der Waals surface area contributed by atoms with Crippen LogP contribution < -0.4 is 26.7 Å². The molecule has 51 heavy (non-hydrogen) atoms. The minimum Gasteiger partial charge on any atom is -0.381 e. The highest BCUT2D eigenvalue weighted by Gasteiger charge is 2.37. The second kappa shape index (κ2) is 16.5. The molecular weight excluding hydrogens is 657 g/mol. The molecule has 0 bridgehead atoms. The van der Waals surface area contributed by atoms with Crippen molar-refractivity contribution in [1.29, 1.82) is 0 Å². The van der Waals surface area contributed by atoms with Gasteiger partial charge >= 0.3 is 0 Å². The number of hydrogen-bond acceptors (Lipinski definition) is 10. The molecule has 2 heterocycles. The molecule has 3 aromatic rings. The Balaban J connectivity index is 1.04. The molecule has 2 amide bonds. The molecule has 1 aliphatic heterocycles. The molecule has 272 valence electrons. The molecule has 2 aromatic carbocycles. The molecule has 1 saturated carbocycles. The van der Waals surface area contributed by atoms with Crippen molar-refractivity contribution < 1.29 is 28.4 Å². The molecule has 0 unspecified atom stereocenters. The van der Waals surface area contributed by atoms with Crippen molar-refractivity contribution in [2.24, 2.45) is 9.98 Å². The predicted molar refractivity (Wildman–Crippen MR) is 189 cm³/mol. The third-order valence-electron chi connectivity index (χ3n) is 9.10. The number of carbonyl (C=O) groups is 2. The lowest BCUT2D eigenvalue weighted by molar-refractivity contribution is -0.386. The highest BCUT2D eigenvalue weighted by atomic mass is 19.1. The second-order valence-electron chi connectivity index (χ2n) is 13.3. The summed E-state index contributed by atoms with van der Waals surface area (Å²) in [6.07, 6.45) is 3.41. The Morgan fingerprint density at radius 2 is 1.61 bits per heavy atom. The summed E-state index contributed by atoms with van der Waals surface area (Å²) in [6.45, 7) is 9.28. The van der Waals surface area contributed by atoms with E-state index in [-0.39, 0.29) is 41.6 Å². The van der Waals surface area contributed by atoms with E-state index in [2.05, 4.69) is 25.9 Å². The molecule has 13 nitrogen and oxygen atoms in total. The third-order valence-corrected chi connectivity index (χ3v) is 9.10. The van der Waals surface area contributed by atoms with Crippen molar-refractivity contribution in [2.75, 3.05) is 44.8 Å². The van der Waals surface area contributed by atoms with Crippen LogP contribution in [-0.2, 0) is 20.7 Å². The fraction of sp³-hybridized carbons (Fsp3) is 0.486. The monoisotopic (exact) mass is 703 g/mol. The zero-order chi connectivity index (χ0) is 36.6. The summed E-state index contributed by atoms with van der Waals surface area (Å²) >= 11 is 0. The first-order valence-corrected chi connectivity index (χ1v) is 17.5. The van der Waals surface area contributed by atoms with Gasteiger partial charge < -0.3 is 25.4 Å². The highest BCUT2D eigenvalue weighted by Crippen LogP contribution is 2.41. The third kappa shape index (κ3) is 9.50. The van der Waals surface area contributed by atoms with E-state index in [4.69, 9.17) is 14.5 Å². The van der Waals surface area contributed by atoms with Gasteiger partial charge in [0, 0.05) is 31.3 Å². The molecule has 2 aliphatic rings. The van der Waals surface area contributed by atoms with Crippen LogP contribution in [0.4, 0.5) is 15.8 Å². The van der Waals surface area contributed by atoms with Crippen molar-refractivity contribution in [3.8, 4) is 0 Å². The van der Waals surface area contributed by atoms with Gasteiger partial charge in [0.1, 0.15) is 28.1 Å². The summed E-state index contributed by atoms with van der Waals surface area (Å²) in [5.74, 6) is -0.607. The number of hydrogen-bond donors (Lipinski definition) is 3. The van der Waals surface area contributed by atoms with Gasteiger partial charge in [-0.2, -0.15) is 0 Å². The van der Waals surface area contributed by atoms with Gasteiger partial charge in [0.2, 0.25) is 5.91 Å². The number of rotatable bonds is 19. The first-order chi connectivity index (χ1) is 24.4. The maximum Gasteiger partial charge on any atom is 0.296 e. The van der Waals surface area contributed by atoms with Gasteiger partial charge in [0.25, 0.3) is 11.6 Å². The maximum atomic E-state index is 13.5. The summed E-state index contributed by atoms with van der Waals surface area (Å²) in [5.41, 5.74) is 1.74. The number of nitro groups is 1. The van der Waals surface area contributed by atoms with Crippen molar-refractivity contribution in [3.05, 3.63) is 97.7 Å². The van der Waals surface area contributed by atoms with Crippen molar-refractivity contribution in [3.63, 3.8) is 0 Å². The van der Waals surface area contributed by atoms with Crippen molar-refractivity contribution in [2.45, 2.75) is 76.9 Å². The van der Waals surface area contributed by atoms with Crippen LogP contribution in [0.25, 0.3) is 0 Å². The lowest BCUT2D eigenvalue weighted by Gasteiger charge is -2.31. The Hall–Kier alpha value is -4.82. The quantitative estimate of drug-likeness (QED) is 0.0951. The number of benzene rings is 2. The SMILES string of the molecule is CCC(CC)(NC(=O)c1ccc(C2CC2)c(Cc2ccc(F)cc2)n1)C(=O)NCCOCCOCCNc1ccc([N+](=O)[O-])c2c1=NC(C)(C)N=2. The molecular formula is C37H46FN7O6.